The fourth-order valence-corrected chi connectivity index (χ4v) is 2.83. The molecule has 1 atom stereocenters. The monoisotopic (exact) mass is 439 g/mol. The van der Waals surface area contributed by atoms with Gasteiger partial charge < -0.3 is 19.3 Å². The molecule has 0 radical (unpaired) electrons. The van der Waals surface area contributed by atoms with E-state index in [-0.39, 0.29) is 23.5 Å². The van der Waals surface area contributed by atoms with Crippen LogP contribution in [0.15, 0.2) is 53.1 Å². The van der Waals surface area contributed by atoms with Gasteiger partial charge in [0.2, 0.25) is 0 Å². The maximum absolute atomic E-state index is 12.5. The number of para-hydroxylation sites is 2. The van der Waals surface area contributed by atoms with Crippen LogP contribution in [0, 0.1) is 24.0 Å². The summed E-state index contributed by atoms with van der Waals surface area (Å²) in [4.78, 5) is 35.3. The Morgan fingerprint density at radius 2 is 1.94 bits per heavy atom. The van der Waals surface area contributed by atoms with Crippen molar-refractivity contribution in [1.29, 1.82) is 0 Å². The molecule has 1 N–H and O–H groups in total. The number of hydrogen-bond acceptors (Lipinski definition) is 8. The highest BCUT2D eigenvalue weighted by Crippen LogP contribution is 2.24. The number of carbonyl (C=O) groups is 2. The van der Waals surface area contributed by atoms with Crippen molar-refractivity contribution in [3.05, 3.63) is 81.2 Å². The third-order valence-corrected chi connectivity index (χ3v) is 4.65. The first-order valence-electron chi connectivity index (χ1n) is 9.66. The number of aromatic nitrogens is 1. The molecule has 0 saturated carbocycles. The van der Waals surface area contributed by atoms with E-state index in [2.05, 4.69) is 10.5 Å². The summed E-state index contributed by atoms with van der Waals surface area (Å²) in [6, 6.07) is 12.0. The van der Waals surface area contributed by atoms with Crippen LogP contribution < -0.4 is 10.1 Å². The fourth-order valence-electron chi connectivity index (χ4n) is 2.83. The second kappa shape index (κ2) is 9.73. The number of amides is 1. The van der Waals surface area contributed by atoms with E-state index in [1.54, 1.807) is 32.0 Å². The van der Waals surface area contributed by atoms with Gasteiger partial charge in [-0.15, -0.1) is 0 Å². The van der Waals surface area contributed by atoms with Gasteiger partial charge in [-0.2, -0.15) is 0 Å². The number of nitrogens with zero attached hydrogens (tertiary/aromatic N) is 2. The molecule has 0 aliphatic carbocycles. The lowest BCUT2D eigenvalue weighted by Gasteiger charge is -2.14. The summed E-state index contributed by atoms with van der Waals surface area (Å²) in [6.45, 7) is 5.18. The number of anilines is 1. The van der Waals surface area contributed by atoms with Gasteiger partial charge in [0, 0.05) is 6.07 Å². The Morgan fingerprint density at radius 1 is 1.19 bits per heavy atom. The summed E-state index contributed by atoms with van der Waals surface area (Å²) in [6.07, 6.45) is -1.19. The van der Waals surface area contributed by atoms with Gasteiger partial charge in [0.25, 0.3) is 11.6 Å². The quantitative estimate of drug-likeness (QED) is 0.317. The largest absolute Gasteiger partial charge is 0.489 e. The highest BCUT2D eigenvalue weighted by atomic mass is 16.6. The lowest BCUT2D eigenvalue weighted by atomic mass is 10.2. The Bertz CT molecular complexity index is 1140. The second-order valence-electron chi connectivity index (χ2n) is 6.93. The fraction of sp³-hybridized carbons (Fsp3) is 0.227. The van der Waals surface area contributed by atoms with Crippen LogP contribution in [0.3, 0.4) is 0 Å². The molecule has 2 aromatic carbocycles. The predicted molar refractivity (Wildman–Crippen MR) is 113 cm³/mol. The summed E-state index contributed by atoms with van der Waals surface area (Å²) >= 11 is 0. The van der Waals surface area contributed by atoms with Crippen LogP contribution in [0.2, 0.25) is 0 Å². The third-order valence-electron chi connectivity index (χ3n) is 4.65. The van der Waals surface area contributed by atoms with Gasteiger partial charge >= 0.3 is 5.97 Å². The van der Waals surface area contributed by atoms with Crippen molar-refractivity contribution >= 4 is 23.3 Å². The van der Waals surface area contributed by atoms with Gasteiger partial charge in [0.1, 0.15) is 23.8 Å². The minimum Gasteiger partial charge on any atom is -0.489 e. The maximum atomic E-state index is 12.5. The summed E-state index contributed by atoms with van der Waals surface area (Å²) in [7, 11) is 0. The highest BCUT2D eigenvalue weighted by Gasteiger charge is 2.22. The van der Waals surface area contributed by atoms with Crippen LogP contribution in [0.25, 0.3) is 0 Å². The van der Waals surface area contributed by atoms with Crippen LogP contribution in [-0.2, 0) is 16.1 Å². The van der Waals surface area contributed by atoms with E-state index in [0.717, 1.165) is 11.3 Å². The normalized spacial score (nSPS) is 11.5. The summed E-state index contributed by atoms with van der Waals surface area (Å²) < 4.78 is 16.0. The van der Waals surface area contributed by atoms with Gasteiger partial charge in [-0.25, -0.2) is 4.79 Å². The molecule has 1 unspecified atom stereocenters. The highest BCUT2D eigenvalue weighted by molar-refractivity contribution is 5.98. The molecule has 0 aliphatic heterocycles. The zero-order valence-electron chi connectivity index (χ0n) is 17.7. The lowest BCUT2D eigenvalue weighted by Crippen LogP contribution is -2.30. The zero-order valence-corrected chi connectivity index (χ0v) is 17.7. The summed E-state index contributed by atoms with van der Waals surface area (Å²) in [5, 5.41) is 17.4. The number of nitrogens with one attached hydrogen (secondary N) is 1. The van der Waals surface area contributed by atoms with Gasteiger partial charge in [-0.3, -0.25) is 14.9 Å². The van der Waals surface area contributed by atoms with Gasteiger partial charge in [-0.1, -0.05) is 23.4 Å². The van der Waals surface area contributed by atoms with E-state index < -0.39 is 22.9 Å². The van der Waals surface area contributed by atoms with Crippen molar-refractivity contribution in [1.82, 2.24) is 5.16 Å². The van der Waals surface area contributed by atoms with E-state index in [9.17, 15) is 19.7 Å². The maximum Gasteiger partial charge on any atom is 0.339 e. The average molecular weight is 439 g/mol. The molecular weight excluding hydrogens is 418 g/mol. The molecule has 0 bridgehead atoms. The van der Waals surface area contributed by atoms with Crippen molar-refractivity contribution in [3.63, 3.8) is 0 Å². The van der Waals surface area contributed by atoms with Crippen LogP contribution >= 0.6 is 0 Å². The summed E-state index contributed by atoms with van der Waals surface area (Å²) in [5.74, 6) is -0.357. The molecule has 1 heterocycles. The average Bonchev–Trinajstić information content (AvgIpc) is 3.09. The molecule has 0 fully saturated rings. The van der Waals surface area contributed by atoms with Crippen molar-refractivity contribution in [2.24, 2.45) is 0 Å². The zero-order chi connectivity index (χ0) is 23.3. The molecule has 3 aromatic rings. The van der Waals surface area contributed by atoms with E-state index >= 15 is 0 Å². The third kappa shape index (κ3) is 5.28. The minimum absolute atomic E-state index is 0.0140. The number of nitro benzene ring substituents is 1. The molecule has 1 aromatic heterocycles. The molecule has 10 nitrogen and oxygen atoms in total. The molecule has 32 heavy (non-hydrogen) atoms. The first-order valence-corrected chi connectivity index (χ1v) is 9.66. The van der Waals surface area contributed by atoms with E-state index in [4.69, 9.17) is 14.0 Å². The van der Waals surface area contributed by atoms with Crippen molar-refractivity contribution in [3.8, 4) is 5.75 Å². The molecule has 10 heteroatoms. The number of rotatable bonds is 8. The van der Waals surface area contributed by atoms with Gasteiger partial charge in [-0.05, 0) is 45.0 Å². The van der Waals surface area contributed by atoms with E-state index in [1.165, 1.54) is 37.3 Å². The van der Waals surface area contributed by atoms with Crippen molar-refractivity contribution < 1.29 is 28.5 Å². The molecule has 166 valence electrons. The molecule has 1 amide bonds. The van der Waals surface area contributed by atoms with Crippen molar-refractivity contribution in [2.75, 3.05) is 5.32 Å². The standard InChI is InChI=1S/C22H21N3O7/c1-13-18(14(2)32-24-13)12-30-17-8-6-7-16(11-17)22(27)31-15(3)21(26)23-19-9-4-5-10-20(19)25(28)29/h4-11,15H,12H2,1-3H3,(H,23,26). The van der Waals surface area contributed by atoms with Crippen LogP contribution in [0.1, 0.15) is 34.3 Å². The number of carbonyl (C=O) groups excluding carboxylic acids is 2. The van der Waals surface area contributed by atoms with Gasteiger partial charge in [0.05, 0.1) is 21.7 Å². The predicted octanol–water partition coefficient (Wildman–Crippen LogP) is 3.96. The van der Waals surface area contributed by atoms with Crippen molar-refractivity contribution in [2.45, 2.75) is 33.5 Å². The second-order valence-corrected chi connectivity index (χ2v) is 6.93. The Hall–Kier alpha value is -4.21. The summed E-state index contributed by atoms with van der Waals surface area (Å²) in [5.41, 5.74) is 1.48. The Kier molecular flexibility index (Phi) is 6.83. The molecule has 0 saturated heterocycles. The number of hydrogen-bond donors (Lipinski definition) is 1. The smallest absolute Gasteiger partial charge is 0.339 e. The molecular formula is C22H21N3O7. The number of ether oxygens (including phenoxy) is 2. The van der Waals surface area contributed by atoms with Crippen LogP contribution in [0.5, 0.6) is 5.75 Å². The number of aryl methyl sites for hydroxylation is 2. The molecule has 0 spiro atoms. The SMILES string of the molecule is Cc1noc(C)c1COc1cccc(C(=O)OC(C)C(=O)Nc2ccccc2[N+](=O)[O-])c1. The molecule has 0 aliphatic rings. The van der Waals surface area contributed by atoms with E-state index in [1.807, 2.05) is 0 Å². The van der Waals surface area contributed by atoms with Crippen LogP contribution in [0.4, 0.5) is 11.4 Å². The first kappa shape index (κ1) is 22.5. The van der Waals surface area contributed by atoms with Gasteiger partial charge in [0.15, 0.2) is 6.10 Å². The Morgan fingerprint density at radius 3 is 2.62 bits per heavy atom. The lowest BCUT2D eigenvalue weighted by molar-refractivity contribution is -0.383. The topological polar surface area (TPSA) is 134 Å². The minimum atomic E-state index is -1.19. The molecule has 3 rings (SSSR count). The number of nitro groups is 1. The number of benzene rings is 2. The Balaban J connectivity index is 1.62. The first-order chi connectivity index (χ1) is 15.3. The number of esters is 1. The van der Waals surface area contributed by atoms with Crippen LogP contribution in [-0.4, -0.2) is 28.1 Å². The van der Waals surface area contributed by atoms with E-state index in [0.29, 0.717) is 11.5 Å². The Labute approximate surface area is 183 Å².